The molecular weight excluding hydrogens is 254 g/mol. The largest absolute Gasteiger partial charge is 0.444 e. The molecule has 1 N–H and O–H groups in total. The van der Waals surface area contributed by atoms with Gasteiger partial charge in [-0.15, -0.1) is 0 Å². The molecule has 1 aliphatic heterocycles. The van der Waals surface area contributed by atoms with Crippen LogP contribution in [0.1, 0.15) is 40.0 Å². The van der Waals surface area contributed by atoms with E-state index in [1.165, 1.54) is 0 Å². The third-order valence-electron chi connectivity index (χ3n) is 2.76. The summed E-state index contributed by atoms with van der Waals surface area (Å²) in [5.74, 6) is 0. The van der Waals surface area contributed by atoms with Crippen molar-refractivity contribution in [3.8, 4) is 0 Å². The lowest BCUT2D eigenvalue weighted by Crippen LogP contribution is -2.37. The van der Waals surface area contributed by atoms with Crippen molar-refractivity contribution in [1.82, 2.24) is 4.90 Å². The fraction of sp³-hybridized carbons (Fsp3) is 0.769. The average Bonchev–Trinajstić information content (AvgIpc) is 2.51. The maximum atomic E-state index is 11.9. The summed E-state index contributed by atoms with van der Waals surface area (Å²) in [6.45, 7) is 6.72. The van der Waals surface area contributed by atoms with Gasteiger partial charge in [0.1, 0.15) is 5.60 Å². The summed E-state index contributed by atoms with van der Waals surface area (Å²) in [5.41, 5.74) is 0.579. The van der Waals surface area contributed by atoms with Crippen molar-refractivity contribution in [3.63, 3.8) is 0 Å². The quantitative estimate of drug-likeness (QED) is 0.800. The fourth-order valence-corrected chi connectivity index (χ4v) is 2.07. The first-order valence-corrected chi connectivity index (χ1v) is 6.66. The number of ether oxygens (including phenoxy) is 1. The van der Waals surface area contributed by atoms with Gasteiger partial charge >= 0.3 is 6.09 Å². The van der Waals surface area contributed by atoms with Crippen LogP contribution in [0.5, 0.6) is 0 Å². The lowest BCUT2D eigenvalue weighted by atomic mass is 10.1. The molecule has 1 fully saturated rings. The Morgan fingerprint density at radius 2 is 2.06 bits per heavy atom. The first-order chi connectivity index (χ1) is 8.33. The highest BCUT2D eigenvalue weighted by atomic mass is 35.5. The van der Waals surface area contributed by atoms with Gasteiger partial charge in [0.05, 0.1) is 6.61 Å². The van der Waals surface area contributed by atoms with Crippen LogP contribution in [0.15, 0.2) is 10.6 Å². The van der Waals surface area contributed by atoms with E-state index in [0.717, 1.165) is 18.4 Å². The van der Waals surface area contributed by atoms with Gasteiger partial charge in [0.2, 0.25) is 0 Å². The standard InChI is InChI=1S/C13H22ClNO3/c1-13(2,3)18-12(17)15-7-4-5-10(6-8-15)11(14)9-16/h16H,4-9H2,1-3H3/b11-10-. The van der Waals surface area contributed by atoms with Gasteiger partial charge in [-0.3, -0.25) is 0 Å². The highest BCUT2D eigenvalue weighted by molar-refractivity contribution is 6.30. The van der Waals surface area contributed by atoms with Gasteiger partial charge in [0.25, 0.3) is 0 Å². The lowest BCUT2D eigenvalue weighted by molar-refractivity contribution is 0.0258. The molecule has 1 rings (SSSR count). The summed E-state index contributed by atoms with van der Waals surface area (Å²) < 4.78 is 5.34. The molecule has 0 saturated carbocycles. The van der Waals surface area contributed by atoms with Crippen LogP contribution in [0, 0.1) is 0 Å². The van der Waals surface area contributed by atoms with E-state index in [0.29, 0.717) is 24.5 Å². The normalized spacial score (nSPS) is 20.4. The van der Waals surface area contributed by atoms with Crippen LogP contribution in [-0.4, -0.2) is 41.4 Å². The minimum absolute atomic E-state index is 0.122. The number of halogens is 1. The minimum atomic E-state index is -0.467. The van der Waals surface area contributed by atoms with Crippen LogP contribution < -0.4 is 0 Å². The van der Waals surface area contributed by atoms with Gasteiger partial charge in [0.15, 0.2) is 0 Å². The molecule has 0 radical (unpaired) electrons. The number of carbonyl (C=O) groups excluding carboxylic acids is 1. The maximum absolute atomic E-state index is 11.9. The molecule has 1 saturated heterocycles. The second-order valence-corrected chi connectivity index (χ2v) is 5.94. The molecule has 1 amide bonds. The van der Waals surface area contributed by atoms with Gasteiger partial charge < -0.3 is 14.7 Å². The SMILES string of the molecule is CC(C)(C)OC(=O)N1CCC/C(=C(/Cl)CO)CC1. The number of aliphatic hydroxyl groups is 1. The van der Waals surface area contributed by atoms with E-state index in [9.17, 15) is 4.79 Å². The Bertz CT molecular complexity index is 334. The Morgan fingerprint density at radius 3 is 2.61 bits per heavy atom. The third kappa shape index (κ3) is 4.86. The molecule has 0 aromatic heterocycles. The molecule has 0 aromatic rings. The zero-order valence-corrected chi connectivity index (χ0v) is 12.1. The molecule has 18 heavy (non-hydrogen) atoms. The molecule has 5 heteroatoms. The number of hydrogen-bond donors (Lipinski definition) is 1. The molecule has 0 spiro atoms. The fourth-order valence-electron chi connectivity index (χ4n) is 1.88. The Balaban J connectivity index is 2.60. The predicted octanol–water partition coefficient (Wildman–Crippen LogP) is 2.89. The summed E-state index contributed by atoms with van der Waals surface area (Å²) in [7, 11) is 0. The van der Waals surface area contributed by atoms with Crippen molar-refractivity contribution < 1.29 is 14.6 Å². The molecule has 0 aliphatic carbocycles. The number of amides is 1. The molecule has 0 unspecified atom stereocenters. The second-order valence-electron chi connectivity index (χ2n) is 5.49. The topological polar surface area (TPSA) is 49.8 Å². The van der Waals surface area contributed by atoms with Crippen LogP contribution in [-0.2, 0) is 4.74 Å². The Kier molecular flexibility index (Phi) is 5.47. The molecule has 1 aliphatic rings. The average molecular weight is 276 g/mol. The van der Waals surface area contributed by atoms with Crippen molar-refractivity contribution in [1.29, 1.82) is 0 Å². The second kappa shape index (κ2) is 6.43. The van der Waals surface area contributed by atoms with Crippen molar-refractivity contribution in [2.75, 3.05) is 19.7 Å². The Morgan fingerprint density at radius 1 is 1.39 bits per heavy atom. The van der Waals surface area contributed by atoms with Gasteiger partial charge in [-0.05, 0) is 40.0 Å². The molecular formula is C13H22ClNO3. The molecule has 0 bridgehead atoms. The number of aliphatic hydroxyl groups excluding tert-OH is 1. The Labute approximate surface area is 114 Å². The minimum Gasteiger partial charge on any atom is -0.444 e. The first kappa shape index (κ1) is 15.3. The summed E-state index contributed by atoms with van der Waals surface area (Å²) in [6, 6.07) is 0. The van der Waals surface area contributed by atoms with Crippen molar-refractivity contribution in [2.45, 2.75) is 45.6 Å². The van der Waals surface area contributed by atoms with Crippen LogP contribution >= 0.6 is 11.6 Å². The van der Waals surface area contributed by atoms with E-state index < -0.39 is 5.60 Å². The number of hydrogen-bond acceptors (Lipinski definition) is 3. The monoisotopic (exact) mass is 275 g/mol. The summed E-state index contributed by atoms with van der Waals surface area (Å²) in [6.07, 6.45) is 2.12. The molecule has 4 nitrogen and oxygen atoms in total. The van der Waals surface area contributed by atoms with E-state index >= 15 is 0 Å². The third-order valence-corrected chi connectivity index (χ3v) is 3.15. The van der Waals surface area contributed by atoms with Crippen LogP contribution in [0.4, 0.5) is 4.79 Å². The molecule has 0 aromatic carbocycles. The lowest BCUT2D eigenvalue weighted by Gasteiger charge is -2.26. The van der Waals surface area contributed by atoms with Gasteiger partial charge in [-0.2, -0.15) is 0 Å². The number of rotatable bonds is 1. The van der Waals surface area contributed by atoms with Crippen molar-refractivity contribution >= 4 is 17.7 Å². The zero-order valence-electron chi connectivity index (χ0n) is 11.3. The summed E-state index contributed by atoms with van der Waals surface area (Å²) in [4.78, 5) is 13.6. The predicted molar refractivity (Wildman–Crippen MR) is 71.6 cm³/mol. The zero-order chi connectivity index (χ0) is 13.8. The van der Waals surface area contributed by atoms with E-state index in [2.05, 4.69) is 0 Å². The van der Waals surface area contributed by atoms with Gasteiger partial charge in [-0.25, -0.2) is 4.79 Å². The van der Waals surface area contributed by atoms with Gasteiger partial charge in [0, 0.05) is 18.1 Å². The smallest absolute Gasteiger partial charge is 0.410 e. The van der Waals surface area contributed by atoms with E-state index in [1.807, 2.05) is 20.8 Å². The highest BCUT2D eigenvalue weighted by Gasteiger charge is 2.24. The van der Waals surface area contributed by atoms with Gasteiger partial charge in [-0.1, -0.05) is 17.2 Å². The van der Waals surface area contributed by atoms with E-state index in [-0.39, 0.29) is 12.7 Å². The molecule has 104 valence electrons. The van der Waals surface area contributed by atoms with Crippen molar-refractivity contribution in [3.05, 3.63) is 10.6 Å². The summed E-state index contributed by atoms with van der Waals surface area (Å²) in [5, 5.41) is 9.53. The van der Waals surface area contributed by atoms with Crippen molar-refractivity contribution in [2.24, 2.45) is 0 Å². The summed E-state index contributed by atoms with van der Waals surface area (Å²) >= 11 is 5.95. The van der Waals surface area contributed by atoms with Crippen LogP contribution in [0.2, 0.25) is 0 Å². The van der Waals surface area contributed by atoms with Crippen LogP contribution in [0.3, 0.4) is 0 Å². The number of carbonyl (C=O) groups is 1. The van der Waals surface area contributed by atoms with E-state index in [4.69, 9.17) is 21.4 Å². The number of likely N-dealkylation sites (tertiary alicyclic amines) is 1. The molecule has 0 atom stereocenters. The van der Waals surface area contributed by atoms with E-state index in [1.54, 1.807) is 4.90 Å². The Hall–Kier alpha value is -0.740. The van der Waals surface area contributed by atoms with Crippen LogP contribution in [0.25, 0.3) is 0 Å². The highest BCUT2D eigenvalue weighted by Crippen LogP contribution is 2.23. The first-order valence-electron chi connectivity index (χ1n) is 6.28. The number of nitrogens with zero attached hydrogens (tertiary/aromatic N) is 1. The molecule has 1 heterocycles. The maximum Gasteiger partial charge on any atom is 0.410 e.